The first-order chi connectivity index (χ1) is 9.50. The van der Waals surface area contributed by atoms with Crippen molar-refractivity contribution in [2.24, 2.45) is 11.1 Å². The van der Waals surface area contributed by atoms with Crippen LogP contribution in [0, 0.1) is 5.41 Å². The molecule has 6 heteroatoms. The predicted molar refractivity (Wildman–Crippen MR) is 75.2 cm³/mol. The summed E-state index contributed by atoms with van der Waals surface area (Å²) < 4.78 is 0. The van der Waals surface area contributed by atoms with Crippen LogP contribution in [0.25, 0.3) is 0 Å². The Bertz CT molecular complexity index is 372. The number of carbonyl (C=O) groups is 2. The first-order valence-corrected chi connectivity index (χ1v) is 7.46. The van der Waals surface area contributed by atoms with Crippen LogP contribution in [-0.2, 0) is 9.59 Å². The summed E-state index contributed by atoms with van der Waals surface area (Å²) in [6, 6.07) is -0.484. The molecule has 1 aliphatic heterocycles. The van der Waals surface area contributed by atoms with E-state index in [1.165, 1.54) is 0 Å². The van der Waals surface area contributed by atoms with Gasteiger partial charge in [0.15, 0.2) is 0 Å². The van der Waals surface area contributed by atoms with Crippen molar-refractivity contribution >= 4 is 11.9 Å². The normalized spacial score (nSPS) is 24.6. The van der Waals surface area contributed by atoms with Crippen molar-refractivity contribution in [3.8, 4) is 0 Å². The Balaban J connectivity index is 1.93. The number of hydrogen-bond donors (Lipinski definition) is 2. The summed E-state index contributed by atoms with van der Waals surface area (Å²) in [6.45, 7) is 4.59. The summed E-state index contributed by atoms with van der Waals surface area (Å²) in [6.07, 6.45) is 3.96. The van der Waals surface area contributed by atoms with Gasteiger partial charge >= 0.3 is 5.97 Å². The molecule has 3 N–H and O–H groups in total. The van der Waals surface area contributed by atoms with Gasteiger partial charge in [-0.25, -0.2) is 0 Å². The Kier molecular flexibility index (Phi) is 4.65. The quantitative estimate of drug-likeness (QED) is 0.765. The second-order valence-corrected chi connectivity index (χ2v) is 6.03. The molecule has 0 aromatic heterocycles. The van der Waals surface area contributed by atoms with Gasteiger partial charge in [-0.05, 0) is 19.8 Å². The Morgan fingerprint density at radius 2 is 1.75 bits per heavy atom. The number of carbonyl (C=O) groups excluding carboxylic acids is 1. The van der Waals surface area contributed by atoms with Gasteiger partial charge in [-0.3, -0.25) is 14.5 Å². The molecule has 0 spiro atoms. The number of amides is 1. The molecule has 1 unspecified atom stereocenters. The fourth-order valence-electron chi connectivity index (χ4n) is 3.36. The van der Waals surface area contributed by atoms with Gasteiger partial charge < -0.3 is 15.7 Å². The standard InChI is InChI=1S/C14H25N3O3/c1-11(12(18)19)16-6-8-17(9-7-16)13(20)14(10-15)4-2-3-5-14/h11H,2-10,15H2,1H3,(H,18,19). The van der Waals surface area contributed by atoms with Gasteiger partial charge in [0.2, 0.25) is 5.91 Å². The number of nitrogens with two attached hydrogens (primary N) is 1. The Morgan fingerprint density at radius 3 is 2.20 bits per heavy atom. The number of hydrogen-bond acceptors (Lipinski definition) is 4. The summed E-state index contributed by atoms with van der Waals surface area (Å²) >= 11 is 0. The average molecular weight is 283 g/mol. The number of nitrogens with zero attached hydrogens (tertiary/aromatic N) is 2. The minimum absolute atomic E-state index is 0.181. The van der Waals surface area contributed by atoms with E-state index in [4.69, 9.17) is 10.8 Å². The van der Waals surface area contributed by atoms with Crippen LogP contribution >= 0.6 is 0 Å². The zero-order valence-corrected chi connectivity index (χ0v) is 12.2. The number of carboxylic acids is 1. The minimum atomic E-state index is -0.806. The molecule has 2 fully saturated rings. The topological polar surface area (TPSA) is 86.9 Å². The van der Waals surface area contributed by atoms with Crippen molar-refractivity contribution in [2.75, 3.05) is 32.7 Å². The molecular weight excluding hydrogens is 258 g/mol. The van der Waals surface area contributed by atoms with Gasteiger partial charge in [-0.15, -0.1) is 0 Å². The van der Waals surface area contributed by atoms with E-state index < -0.39 is 12.0 Å². The van der Waals surface area contributed by atoms with Crippen LogP contribution in [0.15, 0.2) is 0 Å². The molecular formula is C14H25N3O3. The molecule has 2 rings (SSSR count). The second-order valence-electron chi connectivity index (χ2n) is 6.03. The van der Waals surface area contributed by atoms with Crippen LogP contribution in [0.3, 0.4) is 0 Å². The Hall–Kier alpha value is -1.14. The summed E-state index contributed by atoms with van der Waals surface area (Å²) in [5, 5.41) is 9.02. The van der Waals surface area contributed by atoms with Crippen LogP contribution in [0.5, 0.6) is 0 Å². The maximum Gasteiger partial charge on any atom is 0.320 e. The van der Waals surface area contributed by atoms with Crippen molar-refractivity contribution in [1.29, 1.82) is 0 Å². The molecule has 1 aliphatic carbocycles. The van der Waals surface area contributed by atoms with Gasteiger partial charge in [-0.2, -0.15) is 0 Å². The lowest BCUT2D eigenvalue weighted by atomic mass is 9.84. The maximum atomic E-state index is 12.7. The number of aliphatic carboxylic acids is 1. The fourth-order valence-corrected chi connectivity index (χ4v) is 3.36. The van der Waals surface area contributed by atoms with Crippen molar-refractivity contribution in [1.82, 2.24) is 9.80 Å². The van der Waals surface area contributed by atoms with Crippen LogP contribution in [0.4, 0.5) is 0 Å². The molecule has 1 amide bonds. The van der Waals surface area contributed by atoms with Gasteiger partial charge in [-0.1, -0.05) is 12.8 Å². The van der Waals surface area contributed by atoms with Crippen LogP contribution in [-0.4, -0.2) is 65.5 Å². The zero-order valence-electron chi connectivity index (χ0n) is 12.2. The van der Waals surface area contributed by atoms with Crippen molar-refractivity contribution in [2.45, 2.75) is 38.6 Å². The largest absolute Gasteiger partial charge is 0.480 e. The van der Waals surface area contributed by atoms with Gasteiger partial charge in [0.25, 0.3) is 0 Å². The highest BCUT2D eigenvalue weighted by molar-refractivity contribution is 5.83. The lowest BCUT2D eigenvalue weighted by molar-refractivity contribution is -0.146. The Morgan fingerprint density at radius 1 is 1.20 bits per heavy atom. The number of piperazine rings is 1. The van der Waals surface area contributed by atoms with E-state index in [2.05, 4.69) is 0 Å². The van der Waals surface area contributed by atoms with Gasteiger partial charge in [0, 0.05) is 32.7 Å². The molecule has 0 aromatic rings. The van der Waals surface area contributed by atoms with E-state index in [0.29, 0.717) is 32.7 Å². The van der Waals surface area contributed by atoms with Crippen LogP contribution in [0.2, 0.25) is 0 Å². The summed E-state index contributed by atoms with van der Waals surface area (Å²) in [5.74, 6) is -0.626. The monoisotopic (exact) mass is 283 g/mol. The molecule has 2 aliphatic rings. The molecule has 1 atom stereocenters. The van der Waals surface area contributed by atoms with E-state index in [-0.39, 0.29) is 11.3 Å². The lowest BCUT2D eigenvalue weighted by Crippen LogP contribution is -2.56. The summed E-state index contributed by atoms with van der Waals surface area (Å²) in [7, 11) is 0. The molecule has 1 heterocycles. The van der Waals surface area contributed by atoms with Crippen LogP contribution < -0.4 is 5.73 Å². The van der Waals surface area contributed by atoms with E-state index in [1.54, 1.807) is 6.92 Å². The van der Waals surface area contributed by atoms with Crippen molar-refractivity contribution in [3.63, 3.8) is 0 Å². The summed E-state index contributed by atoms with van der Waals surface area (Å²) in [4.78, 5) is 27.4. The maximum absolute atomic E-state index is 12.7. The highest BCUT2D eigenvalue weighted by atomic mass is 16.4. The van der Waals surface area contributed by atoms with E-state index in [1.807, 2.05) is 9.80 Å². The highest BCUT2D eigenvalue weighted by Crippen LogP contribution is 2.39. The Labute approximate surface area is 119 Å². The second kappa shape index (κ2) is 6.10. The van der Waals surface area contributed by atoms with Gasteiger partial charge in [0.05, 0.1) is 5.41 Å². The first kappa shape index (κ1) is 15.3. The third kappa shape index (κ3) is 2.81. The highest BCUT2D eigenvalue weighted by Gasteiger charge is 2.43. The third-order valence-electron chi connectivity index (χ3n) is 4.91. The molecule has 0 radical (unpaired) electrons. The molecule has 0 bridgehead atoms. The lowest BCUT2D eigenvalue weighted by Gasteiger charge is -2.40. The SMILES string of the molecule is CC(C(=O)O)N1CCN(C(=O)C2(CN)CCCC2)CC1. The van der Waals surface area contributed by atoms with E-state index in [0.717, 1.165) is 25.7 Å². The molecule has 20 heavy (non-hydrogen) atoms. The first-order valence-electron chi connectivity index (χ1n) is 7.46. The summed E-state index contributed by atoms with van der Waals surface area (Å²) in [5.41, 5.74) is 5.51. The van der Waals surface area contributed by atoms with Crippen molar-refractivity contribution < 1.29 is 14.7 Å². The molecule has 114 valence electrons. The van der Waals surface area contributed by atoms with E-state index >= 15 is 0 Å². The predicted octanol–water partition coefficient (Wildman–Crippen LogP) is 0.123. The third-order valence-corrected chi connectivity index (χ3v) is 4.91. The smallest absolute Gasteiger partial charge is 0.320 e. The number of rotatable bonds is 4. The molecule has 1 saturated carbocycles. The zero-order chi connectivity index (χ0) is 14.8. The van der Waals surface area contributed by atoms with E-state index in [9.17, 15) is 9.59 Å². The molecule has 1 saturated heterocycles. The van der Waals surface area contributed by atoms with Crippen molar-refractivity contribution in [3.05, 3.63) is 0 Å². The van der Waals surface area contributed by atoms with Crippen LogP contribution in [0.1, 0.15) is 32.6 Å². The van der Waals surface area contributed by atoms with Gasteiger partial charge in [0.1, 0.15) is 6.04 Å². The number of carboxylic acid groups (broad SMARTS) is 1. The average Bonchev–Trinajstić information content (AvgIpc) is 2.96. The molecule has 6 nitrogen and oxygen atoms in total. The minimum Gasteiger partial charge on any atom is -0.480 e. The fraction of sp³-hybridized carbons (Fsp3) is 0.857. The molecule has 0 aromatic carbocycles.